The number of aromatic nitrogens is 1. The quantitative estimate of drug-likeness (QED) is 0.720. The first-order chi connectivity index (χ1) is 11.0. The summed E-state index contributed by atoms with van der Waals surface area (Å²) in [7, 11) is 0. The Hall–Kier alpha value is -2.25. The molecule has 2 rings (SSSR count). The van der Waals surface area contributed by atoms with Gasteiger partial charge in [0, 0.05) is 17.5 Å². The highest BCUT2D eigenvalue weighted by Gasteiger charge is 2.11. The molecule has 1 amide bonds. The van der Waals surface area contributed by atoms with E-state index in [1.54, 1.807) is 6.07 Å². The van der Waals surface area contributed by atoms with Gasteiger partial charge in [0.2, 0.25) is 5.91 Å². The molecule has 23 heavy (non-hydrogen) atoms. The van der Waals surface area contributed by atoms with Gasteiger partial charge >= 0.3 is 5.97 Å². The maximum absolute atomic E-state index is 12.1. The van der Waals surface area contributed by atoms with Gasteiger partial charge in [-0.2, -0.15) is 0 Å². The number of carbonyl (C=O) groups excluding carboxylic acids is 1. The van der Waals surface area contributed by atoms with Crippen molar-refractivity contribution in [2.75, 3.05) is 11.9 Å². The van der Waals surface area contributed by atoms with Gasteiger partial charge < -0.3 is 16.2 Å². The van der Waals surface area contributed by atoms with Crippen LogP contribution in [0.25, 0.3) is 0 Å². The van der Waals surface area contributed by atoms with Gasteiger partial charge in [0.25, 0.3) is 0 Å². The molecular weight excluding hydrogens is 314 g/mol. The van der Waals surface area contributed by atoms with Crippen LogP contribution in [-0.2, 0) is 17.6 Å². The average molecular weight is 333 g/mol. The van der Waals surface area contributed by atoms with Crippen molar-refractivity contribution in [3.05, 3.63) is 45.4 Å². The van der Waals surface area contributed by atoms with Crippen LogP contribution in [0.15, 0.2) is 23.6 Å². The van der Waals surface area contributed by atoms with E-state index >= 15 is 0 Å². The van der Waals surface area contributed by atoms with Crippen molar-refractivity contribution in [2.45, 2.75) is 26.2 Å². The lowest BCUT2D eigenvalue weighted by molar-refractivity contribution is -0.115. The van der Waals surface area contributed by atoms with Crippen LogP contribution in [0.1, 0.15) is 33.0 Å². The number of aromatic carboxylic acids is 1. The fourth-order valence-electron chi connectivity index (χ4n) is 2.05. The molecule has 0 saturated carbocycles. The molecule has 0 unspecified atom stereocenters. The number of anilines is 1. The molecule has 6 nitrogen and oxygen atoms in total. The number of carboxylic acid groups (broad SMARTS) is 1. The van der Waals surface area contributed by atoms with E-state index < -0.39 is 5.97 Å². The highest BCUT2D eigenvalue weighted by Crippen LogP contribution is 2.18. The zero-order valence-electron chi connectivity index (χ0n) is 12.8. The third-order valence-electron chi connectivity index (χ3n) is 3.29. The lowest BCUT2D eigenvalue weighted by atomic mass is 10.1. The van der Waals surface area contributed by atoms with Gasteiger partial charge in [0.15, 0.2) is 0 Å². The minimum atomic E-state index is -1.02. The number of hydrogen-bond donors (Lipinski definition) is 3. The molecule has 4 N–H and O–H groups in total. The molecule has 0 spiro atoms. The Morgan fingerprint density at radius 3 is 2.87 bits per heavy atom. The summed E-state index contributed by atoms with van der Waals surface area (Å²) >= 11 is 1.52. The Bertz CT molecular complexity index is 712. The molecule has 1 aromatic carbocycles. The number of thiazole rings is 1. The summed E-state index contributed by atoms with van der Waals surface area (Å²) < 4.78 is 0. The second kappa shape index (κ2) is 7.85. The number of carboxylic acids is 1. The standard InChI is InChI=1S/C16H19N3O3S/c1-10-4-5-11(16(21)22)7-13(10)19-14(20)8-12-9-23-15(18-12)3-2-6-17/h4-5,7,9H,2-3,6,8,17H2,1H3,(H,19,20)(H,21,22). The Kier molecular flexibility index (Phi) is 5.84. The molecule has 122 valence electrons. The van der Waals surface area contributed by atoms with Gasteiger partial charge in [-0.1, -0.05) is 6.07 Å². The van der Waals surface area contributed by atoms with E-state index in [-0.39, 0.29) is 17.9 Å². The van der Waals surface area contributed by atoms with E-state index in [1.165, 1.54) is 23.5 Å². The van der Waals surface area contributed by atoms with Gasteiger partial charge in [-0.05, 0) is 37.6 Å². The van der Waals surface area contributed by atoms with E-state index in [0.717, 1.165) is 23.4 Å². The summed E-state index contributed by atoms with van der Waals surface area (Å²) in [6.07, 6.45) is 1.86. The van der Waals surface area contributed by atoms with Crippen molar-refractivity contribution in [3.8, 4) is 0 Å². The predicted octanol–water partition coefficient (Wildman–Crippen LogP) is 2.22. The zero-order valence-corrected chi connectivity index (χ0v) is 13.7. The molecule has 0 aliphatic carbocycles. The zero-order chi connectivity index (χ0) is 16.8. The van der Waals surface area contributed by atoms with Crippen molar-refractivity contribution in [1.82, 2.24) is 4.98 Å². The van der Waals surface area contributed by atoms with Crippen molar-refractivity contribution >= 4 is 28.9 Å². The molecule has 0 aliphatic heterocycles. The van der Waals surface area contributed by atoms with Gasteiger partial charge in [-0.25, -0.2) is 9.78 Å². The van der Waals surface area contributed by atoms with Crippen LogP contribution in [0.2, 0.25) is 0 Å². The third-order valence-corrected chi connectivity index (χ3v) is 4.25. The molecule has 0 aliphatic rings. The van der Waals surface area contributed by atoms with E-state index in [2.05, 4.69) is 10.3 Å². The second-order valence-corrected chi connectivity index (χ2v) is 6.13. The van der Waals surface area contributed by atoms with Crippen molar-refractivity contribution < 1.29 is 14.7 Å². The van der Waals surface area contributed by atoms with Crippen LogP contribution in [0.5, 0.6) is 0 Å². The van der Waals surface area contributed by atoms with Gasteiger partial charge in [0.05, 0.1) is 22.7 Å². The lowest BCUT2D eigenvalue weighted by Crippen LogP contribution is -2.16. The molecule has 0 atom stereocenters. The summed E-state index contributed by atoms with van der Waals surface area (Å²) in [6, 6.07) is 4.65. The minimum Gasteiger partial charge on any atom is -0.478 e. The first kappa shape index (κ1) is 17.1. The normalized spacial score (nSPS) is 10.5. The minimum absolute atomic E-state index is 0.142. The summed E-state index contributed by atoms with van der Waals surface area (Å²) in [5, 5.41) is 14.6. The largest absolute Gasteiger partial charge is 0.478 e. The van der Waals surface area contributed by atoms with E-state index in [1.807, 2.05) is 12.3 Å². The molecular formula is C16H19N3O3S. The van der Waals surface area contributed by atoms with Crippen molar-refractivity contribution in [1.29, 1.82) is 0 Å². The summed E-state index contributed by atoms with van der Waals surface area (Å²) in [4.78, 5) is 27.5. The Morgan fingerprint density at radius 1 is 1.39 bits per heavy atom. The summed E-state index contributed by atoms with van der Waals surface area (Å²) in [5.41, 5.74) is 7.64. The number of amides is 1. The van der Waals surface area contributed by atoms with E-state index in [4.69, 9.17) is 10.8 Å². The van der Waals surface area contributed by atoms with E-state index in [0.29, 0.717) is 17.9 Å². The molecule has 0 bridgehead atoms. The van der Waals surface area contributed by atoms with Crippen LogP contribution in [0.4, 0.5) is 5.69 Å². The van der Waals surface area contributed by atoms with Crippen LogP contribution in [0.3, 0.4) is 0 Å². The number of nitrogens with zero attached hydrogens (tertiary/aromatic N) is 1. The van der Waals surface area contributed by atoms with Gasteiger partial charge in [-0.3, -0.25) is 4.79 Å². The van der Waals surface area contributed by atoms with Crippen LogP contribution < -0.4 is 11.1 Å². The molecule has 0 saturated heterocycles. The van der Waals surface area contributed by atoms with Crippen molar-refractivity contribution in [3.63, 3.8) is 0 Å². The first-order valence-electron chi connectivity index (χ1n) is 7.26. The lowest BCUT2D eigenvalue weighted by Gasteiger charge is -2.08. The monoisotopic (exact) mass is 333 g/mol. The highest BCUT2D eigenvalue weighted by molar-refractivity contribution is 7.09. The Labute approximate surface area is 138 Å². The smallest absolute Gasteiger partial charge is 0.335 e. The molecule has 0 fully saturated rings. The summed E-state index contributed by atoms with van der Waals surface area (Å²) in [5.74, 6) is -1.24. The maximum Gasteiger partial charge on any atom is 0.335 e. The van der Waals surface area contributed by atoms with Crippen LogP contribution >= 0.6 is 11.3 Å². The number of rotatable bonds is 7. The molecule has 7 heteroatoms. The maximum atomic E-state index is 12.1. The molecule has 1 heterocycles. The number of nitrogens with two attached hydrogens (primary N) is 1. The fraction of sp³-hybridized carbons (Fsp3) is 0.312. The summed E-state index contributed by atoms with van der Waals surface area (Å²) in [6.45, 7) is 2.43. The Balaban J connectivity index is 2.00. The van der Waals surface area contributed by atoms with Gasteiger partial charge in [0.1, 0.15) is 0 Å². The van der Waals surface area contributed by atoms with Gasteiger partial charge in [-0.15, -0.1) is 11.3 Å². The molecule has 1 aromatic heterocycles. The molecule has 2 aromatic rings. The van der Waals surface area contributed by atoms with E-state index in [9.17, 15) is 9.59 Å². The van der Waals surface area contributed by atoms with Crippen LogP contribution in [0, 0.1) is 6.92 Å². The number of carbonyl (C=O) groups is 2. The SMILES string of the molecule is Cc1ccc(C(=O)O)cc1NC(=O)Cc1csc(CCCN)n1. The Morgan fingerprint density at radius 2 is 2.17 bits per heavy atom. The van der Waals surface area contributed by atoms with Crippen molar-refractivity contribution in [2.24, 2.45) is 5.73 Å². The third kappa shape index (κ3) is 4.87. The topological polar surface area (TPSA) is 105 Å². The fourth-order valence-corrected chi connectivity index (χ4v) is 2.89. The second-order valence-electron chi connectivity index (χ2n) is 5.18. The van der Waals surface area contributed by atoms with Crippen LogP contribution in [-0.4, -0.2) is 28.5 Å². The first-order valence-corrected chi connectivity index (χ1v) is 8.14. The number of hydrogen-bond acceptors (Lipinski definition) is 5. The predicted molar refractivity (Wildman–Crippen MR) is 90.0 cm³/mol. The number of benzene rings is 1. The number of nitrogens with one attached hydrogen (secondary N) is 1. The highest BCUT2D eigenvalue weighted by atomic mass is 32.1. The average Bonchev–Trinajstić information content (AvgIpc) is 2.94. The number of aryl methyl sites for hydroxylation is 2. The molecule has 0 radical (unpaired) electrons.